The van der Waals surface area contributed by atoms with E-state index in [0.717, 1.165) is 4.90 Å². The molecule has 150 valence electrons. The van der Waals surface area contributed by atoms with Gasteiger partial charge in [-0.2, -0.15) is 4.31 Å². The van der Waals surface area contributed by atoms with Crippen LogP contribution in [0.25, 0.3) is 0 Å². The molecule has 5 nitrogen and oxygen atoms in total. The van der Waals surface area contributed by atoms with Gasteiger partial charge in [-0.1, -0.05) is 47.0 Å². The van der Waals surface area contributed by atoms with Gasteiger partial charge in [-0.05, 0) is 31.2 Å². The predicted molar refractivity (Wildman–Crippen MR) is 114 cm³/mol. The lowest BCUT2D eigenvalue weighted by Crippen LogP contribution is -2.51. The molecule has 0 bridgehead atoms. The lowest BCUT2D eigenvalue weighted by atomic mass is 10.2. The lowest BCUT2D eigenvalue weighted by Gasteiger charge is -2.34. The highest BCUT2D eigenvalue weighted by Gasteiger charge is 2.31. The number of rotatable bonds is 5. The van der Waals surface area contributed by atoms with E-state index < -0.39 is 10.0 Å². The summed E-state index contributed by atoms with van der Waals surface area (Å²) in [4.78, 5) is 15.2. The van der Waals surface area contributed by atoms with Crippen molar-refractivity contribution in [2.45, 2.75) is 16.7 Å². The van der Waals surface area contributed by atoms with E-state index in [0.29, 0.717) is 18.8 Å². The van der Waals surface area contributed by atoms with Crippen LogP contribution in [0.2, 0.25) is 10.0 Å². The minimum atomic E-state index is -3.75. The van der Waals surface area contributed by atoms with Gasteiger partial charge in [0.05, 0.1) is 15.8 Å². The molecule has 2 aromatic rings. The van der Waals surface area contributed by atoms with Crippen molar-refractivity contribution in [2.24, 2.45) is 0 Å². The average Bonchev–Trinajstić information content (AvgIpc) is 2.69. The molecule has 28 heavy (non-hydrogen) atoms. The summed E-state index contributed by atoms with van der Waals surface area (Å²) >= 11 is 13.5. The molecule has 1 heterocycles. The molecule has 0 unspecified atom stereocenters. The van der Waals surface area contributed by atoms with Crippen molar-refractivity contribution in [3.8, 4) is 0 Å². The molecular weight excluding hydrogens is 439 g/mol. The molecule has 1 saturated heterocycles. The van der Waals surface area contributed by atoms with Crippen LogP contribution in [0.1, 0.15) is 5.56 Å². The second-order valence-corrected chi connectivity index (χ2v) is 10.2. The molecule has 1 fully saturated rings. The second kappa shape index (κ2) is 9.05. The van der Waals surface area contributed by atoms with Gasteiger partial charge in [0.15, 0.2) is 0 Å². The number of benzene rings is 2. The zero-order chi connectivity index (χ0) is 20.3. The summed E-state index contributed by atoms with van der Waals surface area (Å²) in [6.07, 6.45) is 0. The lowest BCUT2D eigenvalue weighted by molar-refractivity contribution is -0.129. The van der Waals surface area contributed by atoms with Crippen LogP contribution in [-0.4, -0.2) is 55.5 Å². The molecule has 9 heteroatoms. The largest absolute Gasteiger partial charge is 0.339 e. The van der Waals surface area contributed by atoms with E-state index in [2.05, 4.69) is 0 Å². The van der Waals surface area contributed by atoms with Crippen LogP contribution in [-0.2, 0) is 14.8 Å². The molecule has 1 aliphatic rings. The van der Waals surface area contributed by atoms with E-state index in [1.807, 2.05) is 31.2 Å². The zero-order valence-corrected chi connectivity index (χ0v) is 18.4. The molecule has 0 radical (unpaired) electrons. The first-order valence-corrected chi connectivity index (χ1v) is 11.9. The number of hydrogen-bond donors (Lipinski definition) is 0. The fraction of sp³-hybridized carbons (Fsp3) is 0.316. The standard InChI is InChI=1S/C19H20Cl2N2O3S2/c1-14-5-7-15(8-6-14)27-13-18(24)22-9-11-23(12-10-22)28(25,26)17-4-2-3-16(20)19(17)21/h2-8H,9-13H2,1H3. The number of carbonyl (C=O) groups excluding carboxylic acids is 1. The maximum atomic E-state index is 12.9. The first kappa shape index (κ1) is 21.5. The first-order valence-electron chi connectivity index (χ1n) is 8.70. The maximum absolute atomic E-state index is 12.9. The number of piperazine rings is 1. The van der Waals surface area contributed by atoms with E-state index in [9.17, 15) is 13.2 Å². The smallest absolute Gasteiger partial charge is 0.244 e. The molecule has 0 N–H and O–H groups in total. The SMILES string of the molecule is Cc1ccc(SCC(=O)N2CCN(S(=O)(=O)c3cccc(Cl)c3Cl)CC2)cc1. The van der Waals surface area contributed by atoms with Gasteiger partial charge >= 0.3 is 0 Å². The Morgan fingerprint density at radius 2 is 1.68 bits per heavy atom. The highest BCUT2D eigenvalue weighted by molar-refractivity contribution is 8.00. The molecular formula is C19H20Cl2N2O3S2. The van der Waals surface area contributed by atoms with Gasteiger partial charge < -0.3 is 4.90 Å². The number of nitrogens with zero attached hydrogens (tertiary/aromatic N) is 2. The third kappa shape index (κ3) is 4.83. The summed E-state index contributed by atoms with van der Waals surface area (Å²) in [5.74, 6) is 0.332. The molecule has 0 atom stereocenters. The van der Waals surface area contributed by atoms with Crippen molar-refractivity contribution in [2.75, 3.05) is 31.9 Å². The Kier molecular flexibility index (Phi) is 6.94. The Labute approximate surface area is 179 Å². The number of hydrogen-bond acceptors (Lipinski definition) is 4. The second-order valence-electron chi connectivity index (χ2n) is 6.44. The van der Waals surface area contributed by atoms with Gasteiger partial charge in [0.25, 0.3) is 0 Å². The van der Waals surface area contributed by atoms with Gasteiger partial charge in [-0.15, -0.1) is 11.8 Å². The number of thioether (sulfide) groups is 1. The van der Waals surface area contributed by atoms with Crippen LogP contribution < -0.4 is 0 Å². The van der Waals surface area contributed by atoms with Crippen LogP contribution in [0, 0.1) is 6.92 Å². The fourth-order valence-electron chi connectivity index (χ4n) is 2.87. The zero-order valence-electron chi connectivity index (χ0n) is 15.3. The molecule has 0 saturated carbocycles. The number of amides is 1. The van der Waals surface area contributed by atoms with Crippen LogP contribution in [0.4, 0.5) is 0 Å². The van der Waals surface area contributed by atoms with E-state index in [1.54, 1.807) is 17.0 Å². The van der Waals surface area contributed by atoms with Crippen molar-refractivity contribution in [3.63, 3.8) is 0 Å². The van der Waals surface area contributed by atoms with Gasteiger partial charge in [-0.25, -0.2) is 8.42 Å². The Hall–Kier alpha value is -1.25. The monoisotopic (exact) mass is 458 g/mol. The van der Waals surface area contributed by atoms with E-state index in [1.165, 1.54) is 27.7 Å². The number of carbonyl (C=O) groups is 1. The fourth-order valence-corrected chi connectivity index (χ4v) is 5.83. The summed E-state index contributed by atoms with van der Waals surface area (Å²) in [5, 5.41) is 0.224. The summed E-state index contributed by atoms with van der Waals surface area (Å²) in [7, 11) is -3.75. The first-order chi connectivity index (χ1) is 13.3. The van der Waals surface area contributed by atoms with E-state index >= 15 is 0 Å². The van der Waals surface area contributed by atoms with Crippen LogP contribution >= 0.6 is 35.0 Å². The van der Waals surface area contributed by atoms with Crippen molar-refractivity contribution in [1.82, 2.24) is 9.21 Å². The Balaban J connectivity index is 1.58. The van der Waals surface area contributed by atoms with Gasteiger partial charge in [0.2, 0.25) is 15.9 Å². The third-order valence-electron chi connectivity index (χ3n) is 4.51. The minimum Gasteiger partial charge on any atom is -0.339 e. The molecule has 1 aliphatic heterocycles. The van der Waals surface area contributed by atoms with Gasteiger partial charge in [0, 0.05) is 31.1 Å². The number of halogens is 2. The highest BCUT2D eigenvalue weighted by Crippen LogP contribution is 2.31. The molecule has 0 aromatic heterocycles. The maximum Gasteiger partial charge on any atom is 0.244 e. The van der Waals surface area contributed by atoms with Crippen molar-refractivity contribution in [3.05, 3.63) is 58.1 Å². The van der Waals surface area contributed by atoms with Crippen molar-refractivity contribution < 1.29 is 13.2 Å². The summed E-state index contributed by atoms with van der Waals surface area (Å²) in [6.45, 7) is 3.18. The average molecular weight is 459 g/mol. The molecule has 2 aromatic carbocycles. The predicted octanol–water partition coefficient (Wildman–Crippen LogP) is 3.93. The summed E-state index contributed by atoms with van der Waals surface area (Å²) in [5.41, 5.74) is 1.17. The van der Waals surface area contributed by atoms with Crippen LogP contribution in [0.5, 0.6) is 0 Å². The van der Waals surface area contributed by atoms with E-state index in [-0.39, 0.29) is 33.9 Å². The number of sulfonamides is 1. The molecule has 1 amide bonds. The summed E-state index contributed by atoms with van der Waals surface area (Å²) in [6, 6.07) is 12.6. The third-order valence-corrected chi connectivity index (χ3v) is 8.38. The topological polar surface area (TPSA) is 57.7 Å². The van der Waals surface area contributed by atoms with Crippen molar-refractivity contribution in [1.29, 1.82) is 0 Å². The Bertz CT molecular complexity index is 958. The Morgan fingerprint density at radius 3 is 2.32 bits per heavy atom. The number of aryl methyl sites for hydroxylation is 1. The summed E-state index contributed by atoms with van der Waals surface area (Å²) < 4.78 is 27.0. The molecule has 0 aliphatic carbocycles. The van der Waals surface area contributed by atoms with Crippen LogP contribution in [0.3, 0.4) is 0 Å². The minimum absolute atomic E-state index is 0.00316. The van der Waals surface area contributed by atoms with Gasteiger partial charge in [0.1, 0.15) is 4.90 Å². The molecule has 0 spiro atoms. The normalized spacial score (nSPS) is 15.6. The van der Waals surface area contributed by atoms with Crippen molar-refractivity contribution >= 4 is 50.9 Å². The Morgan fingerprint density at radius 1 is 1.04 bits per heavy atom. The highest BCUT2D eigenvalue weighted by atomic mass is 35.5. The quantitative estimate of drug-likeness (QED) is 0.636. The van der Waals surface area contributed by atoms with E-state index in [4.69, 9.17) is 23.2 Å². The van der Waals surface area contributed by atoms with Gasteiger partial charge in [-0.3, -0.25) is 4.79 Å². The van der Waals surface area contributed by atoms with Crippen LogP contribution in [0.15, 0.2) is 52.3 Å². The molecule has 3 rings (SSSR count).